The van der Waals surface area contributed by atoms with Crippen LogP contribution < -0.4 is 10.0 Å². The molecule has 0 aliphatic rings. The maximum Gasteiger partial charge on any atom is 0.265 e. The van der Waals surface area contributed by atoms with Crippen LogP contribution in [0.15, 0.2) is 47.5 Å². The summed E-state index contributed by atoms with van der Waals surface area (Å²) in [6.45, 7) is 0. The van der Waals surface area contributed by atoms with Gasteiger partial charge >= 0.3 is 0 Å². The summed E-state index contributed by atoms with van der Waals surface area (Å²) in [6, 6.07) is 8.79. The summed E-state index contributed by atoms with van der Waals surface area (Å²) in [7, 11) is -2.32. The number of phenolic OH excluding ortho intramolecular Hbond substituents is 1. The van der Waals surface area contributed by atoms with Crippen LogP contribution in [0.2, 0.25) is 0 Å². The van der Waals surface area contributed by atoms with Gasteiger partial charge in [-0.25, -0.2) is 13.4 Å². The first-order chi connectivity index (χ1) is 8.91. The molecule has 0 saturated heterocycles. The molecular weight excluding hydrogens is 266 g/mol. The van der Waals surface area contributed by atoms with Crippen LogP contribution in [-0.4, -0.2) is 25.6 Å². The number of nitrogens with zero attached hydrogens (tertiary/aromatic N) is 2. The molecule has 1 aromatic heterocycles. The molecule has 0 aliphatic heterocycles. The summed E-state index contributed by atoms with van der Waals surface area (Å²) in [4.78, 5) is 3.80. The fourth-order valence-electron chi connectivity index (χ4n) is 1.53. The lowest BCUT2D eigenvalue weighted by molar-refractivity contribution is 0.475. The quantitative estimate of drug-likeness (QED) is 0.879. The molecular formula is C12H13N3O3S. The lowest BCUT2D eigenvalue weighted by atomic mass is 10.3. The van der Waals surface area contributed by atoms with Crippen molar-refractivity contribution in [2.45, 2.75) is 4.90 Å². The number of benzene rings is 1. The summed E-state index contributed by atoms with van der Waals surface area (Å²) in [6.07, 6.45) is 1.20. The van der Waals surface area contributed by atoms with Crippen molar-refractivity contribution in [1.29, 1.82) is 0 Å². The summed E-state index contributed by atoms with van der Waals surface area (Å²) < 4.78 is 25.7. The van der Waals surface area contributed by atoms with E-state index in [4.69, 9.17) is 5.73 Å². The van der Waals surface area contributed by atoms with E-state index in [-0.39, 0.29) is 16.5 Å². The Morgan fingerprint density at radius 1 is 1.26 bits per heavy atom. The van der Waals surface area contributed by atoms with Gasteiger partial charge in [-0.15, -0.1) is 0 Å². The van der Waals surface area contributed by atoms with Gasteiger partial charge in [0.2, 0.25) is 0 Å². The van der Waals surface area contributed by atoms with Crippen LogP contribution in [0, 0.1) is 0 Å². The Labute approximate surface area is 111 Å². The Balaban J connectivity index is 2.42. The normalized spacial score (nSPS) is 11.2. The zero-order valence-electron chi connectivity index (χ0n) is 10.2. The highest BCUT2D eigenvalue weighted by Crippen LogP contribution is 2.24. The monoisotopic (exact) mass is 279 g/mol. The molecule has 7 heteroatoms. The number of aromatic hydroxyl groups is 1. The minimum atomic E-state index is -3.72. The molecule has 0 spiro atoms. The van der Waals surface area contributed by atoms with Gasteiger partial charge in [0.25, 0.3) is 10.0 Å². The van der Waals surface area contributed by atoms with E-state index in [1.54, 1.807) is 12.1 Å². The fourth-order valence-corrected chi connectivity index (χ4v) is 2.66. The first-order valence-corrected chi connectivity index (χ1v) is 6.85. The Morgan fingerprint density at radius 2 is 2.00 bits per heavy atom. The van der Waals surface area contributed by atoms with Crippen molar-refractivity contribution in [2.24, 2.45) is 0 Å². The average molecular weight is 279 g/mol. The SMILES string of the molecule is CN(c1cccc(O)c1)S(=O)(=O)c1ccc(N)nc1. The minimum absolute atomic E-state index is 0.00465. The Morgan fingerprint density at radius 3 is 2.58 bits per heavy atom. The largest absolute Gasteiger partial charge is 0.508 e. The molecule has 1 aromatic carbocycles. The van der Waals surface area contributed by atoms with E-state index in [0.29, 0.717) is 5.69 Å². The second-order valence-electron chi connectivity index (χ2n) is 3.91. The van der Waals surface area contributed by atoms with E-state index < -0.39 is 10.0 Å². The number of aromatic nitrogens is 1. The van der Waals surface area contributed by atoms with Crippen LogP contribution in [0.25, 0.3) is 0 Å². The number of rotatable bonds is 3. The molecule has 0 amide bonds. The molecule has 2 rings (SSSR count). The molecule has 0 saturated carbocycles. The third-order valence-corrected chi connectivity index (χ3v) is 4.38. The van der Waals surface area contributed by atoms with E-state index in [0.717, 1.165) is 4.31 Å². The summed E-state index contributed by atoms with van der Waals surface area (Å²) >= 11 is 0. The van der Waals surface area contributed by atoms with Gasteiger partial charge in [0.05, 0.1) is 5.69 Å². The third kappa shape index (κ3) is 2.60. The van der Waals surface area contributed by atoms with Crippen LogP contribution in [0.5, 0.6) is 5.75 Å². The predicted octanol–water partition coefficient (Wildman–Crippen LogP) is 1.19. The standard InChI is InChI=1S/C12H13N3O3S/c1-15(9-3-2-4-10(16)7-9)19(17,18)11-5-6-12(13)14-8-11/h2-8,16H,1H3,(H2,13,14). The fraction of sp³-hybridized carbons (Fsp3) is 0.0833. The molecule has 0 bridgehead atoms. The maximum absolute atomic E-state index is 12.3. The number of hydrogen-bond donors (Lipinski definition) is 2. The van der Waals surface area contributed by atoms with Gasteiger partial charge in [-0.05, 0) is 24.3 Å². The van der Waals surface area contributed by atoms with Crippen molar-refractivity contribution >= 4 is 21.5 Å². The van der Waals surface area contributed by atoms with E-state index in [2.05, 4.69) is 4.98 Å². The number of nitrogen functional groups attached to an aromatic ring is 1. The number of pyridine rings is 1. The van der Waals surface area contributed by atoms with E-state index >= 15 is 0 Å². The highest BCUT2D eigenvalue weighted by Gasteiger charge is 2.21. The Hall–Kier alpha value is -2.28. The summed E-state index contributed by atoms with van der Waals surface area (Å²) in [5, 5.41) is 9.38. The molecule has 0 atom stereocenters. The maximum atomic E-state index is 12.3. The smallest absolute Gasteiger partial charge is 0.265 e. The number of anilines is 2. The highest BCUT2D eigenvalue weighted by molar-refractivity contribution is 7.92. The first-order valence-electron chi connectivity index (χ1n) is 5.41. The Bertz CT molecular complexity index is 684. The summed E-state index contributed by atoms with van der Waals surface area (Å²) in [5.41, 5.74) is 5.78. The molecule has 1 heterocycles. The first kappa shape index (κ1) is 13.2. The molecule has 3 N–H and O–H groups in total. The number of sulfonamides is 1. The zero-order chi connectivity index (χ0) is 14.0. The second kappa shape index (κ2) is 4.77. The van der Waals surface area contributed by atoms with Crippen molar-refractivity contribution in [3.63, 3.8) is 0 Å². The molecule has 6 nitrogen and oxygen atoms in total. The molecule has 0 unspecified atom stereocenters. The highest BCUT2D eigenvalue weighted by atomic mass is 32.2. The van der Waals surface area contributed by atoms with E-state index in [9.17, 15) is 13.5 Å². The lowest BCUT2D eigenvalue weighted by Crippen LogP contribution is -2.26. The lowest BCUT2D eigenvalue weighted by Gasteiger charge is -2.19. The van der Waals surface area contributed by atoms with Gasteiger partial charge in [-0.3, -0.25) is 4.31 Å². The molecule has 100 valence electrons. The van der Waals surface area contributed by atoms with E-state index in [1.165, 1.54) is 37.5 Å². The van der Waals surface area contributed by atoms with Crippen molar-refractivity contribution in [2.75, 3.05) is 17.1 Å². The van der Waals surface area contributed by atoms with Gasteiger partial charge in [-0.2, -0.15) is 0 Å². The summed E-state index contributed by atoms with van der Waals surface area (Å²) in [5.74, 6) is 0.244. The number of phenols is 1. The zero-order valence-corrected chi connectivity index (χ0v) is 11.0. The van der Waals surface area contributed by atoms with Gasteiger partial charge in [0.1, 0.15) is 16.5 Å². The number of nitrogens with two attached hydrogens (primary N) is 1. The van der Waals surface area contributed by atoms with Crippen LogP contribution in [-0.2, 0) is 10.0 Å². The molecule has 19 heavy (non-hydrogen) atoms. The van der Waals surface area contributed by atoms with Crippen molar-refractivity contribution in [3.8, 4) is 5.75 Å². The van der Waals surface area contributed by atoms with Crippen LogP contribution in [0.1, 0.15) is 0 Å². The van der Waals surface area contributed by atoms with E-state index in [1.807, 2.05) is 0 Å². The van der Waals surface area contributed by atoms with Crippen LogP contribution in [0.4, 0.5) is 11.5 Å². The van der Waals surface area contributed by atoms with Crippen LogP contribution in [0.3, 0.4) is 0 Å². The average Bonchev–Trinajstić information content (AvgIpc) is 2.38. The Kier molecular flexibility index (Phi) is 3.30. The minimum Gasteiger partial charge on any atom is -0.508 e. The van der Waals surface area contributed by atoms with Crippen LogP contribution >= 0.6 is 0 Å². The molecule has 0 aliphatic carbocycles. The molecule has 2 aromatic rings. The van der Waals surface area contributed by atoms with Crippen molar-refractivity contribution in [1.82, 2.24) is 4.98 Å². The van der Waals surface area contributed by atoms with Gasteiger partial charge in [0, 0.05) is 19.3 Å². The third-order valence-electron chi connectivity index (χ3n) is 2.61. The topological polar surface area (TPSA) is 96.5 Å². The molecule has 0 radical (unpaired) electrons. The number of hydrogen-bond acceptors (Lipinski definition) is 5. The van der Waals surface area contributed by atoms with Crippen molar-refractivity contribution in [3.05, 3.63) is 42.6 Å². The van der Waals surface area contributed by atoms with Gasteiger partial charge < -0.3 is 10.8 Å². The predicted molar refractivity (Wildman–Crippen MR) is 72.3 cm³/mol. The van der Waals surface area contributed by atoms with Gasteiger partial charge in [0.15, 0.2) is 0 Å². The van der Waals surface area contributed by atoms with Crippen molar-refractivity contribution < 1.29 is 13.5 Å². The molecule has 0 fully saturated rings. The second-order valence-corrected chi connectivity index (χ2v) is 5.88. The van der Waals surface area contributed by atoms with Gasteiger partial charge in [-0.1, -0.05) is 6.07 Å².